The van der Waals surface area contributed by atoms with Crippen LogP contribution >= 0.6 is 0 Å². The average molecular weight is 477 g/mol. The van der Waals surface area contributed by atoms with E-state index >= 15 is 0 Å². The number of ether oxygens (including phenoxy) is 1. The lowest BCUT2D eigenvalue weighted by Crippen LogP contribution is -2.53. The molecule has 0 bridgehead atoms. The van der Waals surface area contributed by atoms with Crippen molar-refractivity contribution in [3.63, 3.8) is 0 Å². The molecular formula is C28H32N2O5. The molecule has 2 saturated carbocycles. The molecule has 7 nitrogen and oxygen atoms in total. The van der Waals surface area contributed by atoms with E-state index in [1.165, 1.54) is 11.1 Å². The molecule has 35 heavy (non-hydrogen) atoms. The summed E-state index contributed by atoms with van der Waals surface area (Å²) in [6.07, 6.45) is 4.19. The lowest BCUT2D eigenvalue weighted by atomic mass is 9.68. The molecule has 2 aromatic carbocycles. The smallest absolute Gasteiger partial charge is 0.407 e. The highest BCUT2D eigenvalue weighted by molar-refractivity contribution is 5.84. The Bertz CT molecular complexity index is 1080. The van der Waals surface area contributed by atoms with Gasteiger partial charge in [-0.05, 0) is 53.9 Å². The van der Waals surface area contributed by atoms with Crippen LogP contribution in [-0.2, 0) is 14.3 Å². The molecule has 2 fully saturated rings. The van der Waals surface area contributed by atoms with Crippen molar-refractivity contribution in [2.75, 3.05) is 19.7 Å². The van der Waals surface area contributed by atoms with Gasteiger partial charge in [0.1, 0.15) is 6.61 Å². The first-order chi connectivity index (χ1) is 17.0. The van der Waals surface area contributed by atoms with Gasteiger partial charge in [0.2, 0.25) is 5.91 Å². The lowest BCUT2D eigenvalue weighted by Gasteiger charge is -2.40. The van der Waals surface area contributed by atoms with Crippen molar-refractivity contribution >= 4 is 18.0 Å². The van der Waals surface area contributed by atoms with Crippen LogP contribution in [-0.4, -0.2) is 42.8 Å². The highest BCUT2D eigenvalue weighted by Gasteiger charge is 2.45. The summed E-state index contributed by atoms with van der Waals surface area (Å²) in [5.74, 6) is -1.30. The van der Waals surface area contributed by atoms with Gasteiger partial charge in [0.05, 0.1) is 11.3 Å². The predicted molar refractivity (Wildman–Crippen MR) is 131 cm³/mol. The zero-order chi connectivity index (χ0) is 24.4. The largest absolute Gasteiger partial charge is 0.481 e. The van der Waals surface area contributed by atoms with Crippen LogP contribution in [0.5, 0.6) is 0 Å². The van der Waals surface area contributed by atoms with E-state index in [1.807, 2.05) is 24.3 Å². The Hall–Kier alpha value is -3.35. The minimum Gasteiger partial charge on any atom is -0.481 e. The number of carboxylic acids is 1. The number of alkyl carbamates (subject to hydrolysis) is 1. The maximum Gasteiger partial charge on any atom is 0.407 e. The Morgan fingerprint density at radius 3 is 2.17 bits per heavy atom. The maximum absolute atomic E-state index is 13.0. The summed E-state index contributed by atoms with van der Waals surface area (Å²) in [7, 11) is 0. The molecule has 0 aromatic heterocycles. The van der Waals surface area contributed by atoms with Crippen molar-refractivity contribution in [1.82, 2.24) is 10.6 Å². The normalized spacial score (nSPS) is 21.9. The van der Waals surface area contributed by atoms with Crippen molar-refractivity contribution in [3.05, 3.63) is 59.7 Å². The molecule has 2 atom stereocenters. The molecule has 7 heteroatoms. The van der Waals surface area contributed by atoms with Crippen LogP contribution in [0.4, 0.5) is 4.79 Å². The van der Waals surface area contributed by atoms with Gasteiger partial charge in [-0.25, -0.2) is 4.79 Å². The zero-order valence-corrected chi connectivity index (χ0v) is 19.8. The first-order valence-corrected chi connectivity index (χ1v) is 12.6. The van der Waals surface area contributed by atoms with Crippen molar-refractivity contribution in [2.45, 2.75) is 44.4 Å². The second-order valence-corrected chi connectivity index (χ2v) is 10.2. The van der Waals surface area contributed by atoms with Gasteiger partial charge in [0.15, 0.2) is 0 Å². The topological polar surface area (TPSA) is 105 Å². The van der Waals surface area contributed by atoms with E-state index in [9.17, 15) is 19.5 Å². The minimum absolute atomic E-state index is 0.0114. The second kappa shape index (κ2) is 9.72. The highest BCUT2D eigenvalue weighted by atomic mass is 16.5. The van der Waals surface area contributed by atoms with Crippen molar-refractivity contribution in [1.29, 1.82) is 0 Å². The van der Waals surface area contributed by atoms with Crippen LogP contribution < -0.4 is 10.6 Å². The molecule has 0 radical (unpaired) electrons. The zero-order valence-electron chi connectivity index (χ0n) is 19.8. The summed E-state index contributed by atoms with van der Waals surface area (Å²) in [4.78, 5) is 37.0. The number of amides is 2. The summed E-state index contributed by atoms with van der Waals surface area (Å²) in [5.41, 5.74) is 4.03. The molecule has 0 saturated heterocycles. The van der Waals surface area contributed by atoms with Gasteiger partial charge in [-0.15, -0.1) is 0 Å². The minimum atomic E-state index is -0.781. The Morgan fingerprint density at radius 2 is 1.57 bits per heavy atom. The van der Waals surface area contributed by atoms with E-state index in [1.54, 1.807) is 0 Å². The Labute approximate surface area is 205 Å². The molecule has 2 aromatic rings. The van der Waals surface area contributed by atoms with Gasteiger partial charge in [-0.3, -0.25) is 9.59 Å². The van der Waals surface area contributed by atoms with Crippen molar-refractivity contribution in [3.8, 4) is 11.1 Å². The Kier molecular flexibility index (Phi) is 6.50. The van der Waals surface area contributed by atoms with E-state index in [2.05, 4.69) is 34.9 Å². The fraction of sp³-hybridized carbons (Fsp3) is 0.464. The monoisotopic (exact) mass is 476 g/mol. The molecule has 0 heterocycles. The maximum atomic E-state index is 13.0. The number of carbonyl (C=O) groups excluding carboxylic acids is 2. The van der Waals surface area contributed by atoms with Gasteiger partial charge < -0.3 is 20.5 Å². The average Bonchev–Trinajstić information content (AvgIpc) is 3.44. The second-order valence-electron chi connectivity index (χ2n) is 10.2. The van der Waals surface area contributed by atoms with E-state index in [0.717, 1.165) is 30.4 Å². The summed E-state index contributed by atoms with van der Waals surface area (Å²) in [6.45, 7) is 0.836. The molecular weight excluding hydrogens is 444 g/mol. The standard InChI is InChI=1S/C28H32N2O5/c31-25(32)19-12-5-7-18(19)15-29-26(33)28(13-6-14-28)17-30-27(34)35-16-24-22-10-3-1-8-20(22)21-9-2-4-11-23(21)24/h1-4,8-11,18-19,24H,5-7,12-17H2,(H,29,33)(H,30,34)(H,31,32)/t18-,19-/m1/s1. The molecule has 3 aliphatic carbocycles. The number of nitrogens with one attached hydrogen (secondary N) is 2. The molecule has 2 amide bonds. The van der Waals surface area contributed by atoms with Gasteiger partial charge in [-0.1, -0.05) is 61.4 Å². The van der Waals surface area contributed by atoms with Crippen LogP contribution in [0.3, 0.4) is 0 Å². The summed E-state index contributed by atoms with van der Waals surface area (Å²) < 4.78 is 5.62. The van der Waals surface area contributed by atoms with E-state index in [-0.39, 0.29) is 36.8 Å². The number of hydrogen-bond acceptors (Lipinski definition) is 4. The first-order valence-electron chi connectivity index (χ1n) is 12.6. The third-order valence-corrected chi connectivity index (χ3v) is 8.21. The molecule has 3 aliphatic rings. The third kappa shape index (κ3) is 4.51. The lowest BCUT2D eigenvalue weighted by molar-refractivity contribution is -0.143. The van der Waals surface area contributed by atoms with Crippen molar-refractivity contribution < 1.29 is 24.2 Å². The number of aliphatic carboxylic acids is 1. The number of fused-ring (bicyclic) bond motifs is 3. The molecule has 3 N–H and O–H groups in total. The number of hydrogen-bond donors (Lipinski definition) is 3. The van der Waals surface area contributed by atoms with Gasteiger partial charge in [0.25, 0.3) is 0 Å². The molecule has 5 rings (SSSR count). The van der Waals surface area contributed by atoms with Crippen LogP contribution in [0.2, 0.25) is 0 Å². The number of carboxylic acid groups (broad SMARTS) is 1. The predicted octanol–water partition coefficient (Wildman–Crippen LogP) is 4.31. The van der Waals surface area contributed by atoms with Crippen LogP contribution in [0.25, 0.3) is 11.1 Å². The molecule has 0 unspecified atom stereocenters. The van der Waals surface area contributed by atoms with Crippen LogP contribution in [0.1, 0.15) is 55.6 Å². The number of benzene rings is 2. The van der Waals surface area contributed by atoms with Gasteiger partial charge >= 0.3 is 12.1 Å². The number of carbonyl (C=O) groups is 3. The Morgan fingerprint density at radius 1 is 0.914 bits per heavy atom. The fourth-order valence-corrected chi connectivity index (χ4v) is 6.00. The Balaban J connectivity index is 1.14. The van der Waals surface area contributed by atoms with Gasteiger partial charge in [0, 0.05) is 19.0 Å². The third-order valence-electron chi connectivity index (χ3n) is 8.21. The summed E-state index contributed by atoms with van der Waals surface area (Å²) in [6, 6.07) is 16.4. The highest BCUT2D eigenvalue weighted by Crippen LogP contribution is 2.44. The van der Waals surface area contributed by atoms with Crippen LogP contribution in [0.15, 0.2) is 48.5 Å². The fourth-order valence-electron chi connectivity index (χ4n) is 6.00. The van der Waals surface area contributed by atoms with Crippen molar-refractivity contribution in [2.24, 2.45) is 17.3 Å². The number of rotatable bonds is 8. The van der Waals surface area contributed by atoms with E-state index in [4.69, 9.17) is 4.74 Å². The molecule has 184 valence electrons. The molecule has 0 spiro atoms. The molecule has 0 aliphatic heterocycles. The summed E-state index contributed by atoms with van der Waals surface area (Å²) >= 11 is 0. The van der Waals surface area contributed by atoms with Crippen LogP contribution in [0, 0.1) is 17.3 Å². The first kappa shape index (κ1) is 23.4. The SMILES string of the molecule is O=C(NCC1(C(=O)NC[C@H]2CCC[C@H]2C(=O)O)CCC1)OCC1c2ccccc2-c2ccccc21. The quantitative estimate of drug-likeness (QED) is 0.527. The van der Waals surface area contributed by atoms with E-state index < -0.39 is 17.5 Å². The van der Waals surface area contributed by atoms with E-state index in [0.29, 0.717) is 25.8 Å². The van der Waals surface area contributed by atoms with Gasteiger partial charge in [-0.2, -0.15) is 0 Å². The summed E-state index contributed by atoms with van der Waals surface area (Å²) in [5, 5.41) is 15.2.